The van der Waals surface area contributed by atoms with Crippen LogP contribution in [-0.4, -0.2) is 24.9 Å². The van der Waals surface area contributed by atoms with Crippen LogP contribution in [0.15, 0.2) is 36.4 Å². The summed E-state index contributed by atoms with van der Waals surface area (Å²) in [6.45, 7) is 8.77. The maximum absolute atomic E-state index is 9.69. The fourth-order valence-electron chi connectivity index (χ4n) is 3.49. The van der Waals surface area contributed by atoms with E-state index in [1.54, 1.807) is 0 Å². The zero-order valence-electron chi connectivity index (χ0n) is 22.0. The minimum atomic E-state index is -4.64. The standard InChI is InChI=1S/2C14H22O.H3O4P/c2*1-3-5-7-12-9-10-14(15)13(11-12)8-6-4-2;1-5(2,3)4/h2*9-11,15H,3-8H2,1-2H3;(H3,1,2,3,4). The number of aromatic hydroxyl groups is 2. The molecule has 0 amide bonds. The molecule has 200 valence electrons. The van der Waals surface area contributed by atoms with Gasteiger partial charge in [0, 0.05) is 0 Å². The molecule has 0 radical (unpaired) electrons. The van der Waals surface area contributed by atoms with Crippen molar-refractivity contribution in [3.63, 3.8) is 0 Å². The van der Waals surface area contributed by atoms with Gasteiger partial charge in [0.15, 0.2) is 0 Å². The van der Waals surface area contributed by atoms with Crippen LogP contribution in [0.4, 0.5) is 0 Å². The lowest BCUT2D eigenvalue weighted by Crippen LogP contribution is -1.90. The highest BCUT2D eigenvalue weighted by Gasteiger charge is 2.03. The van der Waals surface area contributed by atoms with Crippen molar-refractivity contribution in [2.45, 2.75) is 105 Å². The number of phosphoric acid groups is 1. The Hall–Kier alpha value is -1.85. The maximum atomic E-state index is 9.69. The summed E-state index contributed by atoms with van der Waals surface area (Å²) in [5, 5.41) is 19.4. The van der Waals surface area contributed by atoms with Crippen LogP contribution in [0, 0.1) is 0 Å². The predicted molar refractivity (Wildman–Crippen MR) is 145 cm³/mol. The zero-order chi connectivity index (χ0) is 26.7. The molecule has 0 heterocycles. The van der Waals surface area contributed by atoms with Gasteiger partial charge in [-0.25, -0.2) is 4.57 Å². The SMILES string of the molecule is CCCCc1ccc(O)c(CCCC)c1.CCCCc1ccc(O)c(CCCC)c1.O=P(O)(O)O. The van der Waals surface area contributed by atoms with E-state index in [4.69, 9.17) is 19.2 Å². The summed E-state index contributed by atoms with van der Waals surface area (Å²) in [5.41, 5.74) is 4.96. The first-order chi connectivity index (χ1) is 16.5. The summed E-state index contributed by atoms with van der Waals surface area (Å²) in [6, 6.07) is 12.1. The molecule has 0 fully saturated rings. The van der Waals surface area contributed by atoms with Crippen LogP contribution in [0.1, 0.15) is 101 Å². The fourth-order valence-corrected chi connectivity index (χ4v) is 3.49. The molecule has 2 aromatic carbocycles. The van der Waals surface area contributed by atoms with Gasteiger partial charge in [0.2, 0.25) is 0 Å². The summed E-state index contributed by atoms with van der Waals surface area (Å²) in [4.78, 5) is 21.6. The highest BCUT2D eigenvalue weighted by Crippen LogP contribution is 2.26. The number of unbranched alkanes of at least 4 members (excludes halogenated alkanes) is 4. The lowest BCUT2D eigenvalue weighted by molar-refractivity contribution is 0.275. The zero-order valence-corrected chi connectivity index (χ0v) is 22.9. The summed E-state index contributed by atoms with van der Waals surface area (Å²) in [5.74, 6) is 0.924. The van der Waals surface area contributed by atoms with Crippen molar-refractivity contribution >= 4 is 7.82 Å². The van der Waals surface area contributed by atoms with Crippen LogP contribution >= 0.6 is 7.82 Å². The van der Waals surface area contributed by atoms with Gasteiger partial charge in [0.05, 0.1) is 0 Å². The molecule has 0 aliphatic carbocycles. The molecule has 35 heavy (non-hydrogen) atoms. The number of aryl methyl sites for hydroxylation is 4. The third-order valence-corrected chi connectivity index (χ3v) is 5.53. The number of phenols is 2. The summed E-state index contributed by atoms with van der Waals surface area (Å²) < 4.78 is 8.88. The molecule has 0 saturated heterocycles. The van der Waals surface area contributed by atoms with E-state index in [0.29, 0.717) is 11.5 Å². The second-order valence-electron chi connectivity index (χ2n) is 8.85. The quantitative estimate of drug-likeness (QED) is 0.192. The van der Waals surface area contributed by atoms with Crippen LogP contribution < -0.4 is 0 Å². The van der Waals surface area contributed by atoms with E-state index in [1.165, 1.54) is 49.7 Å². The number of rotatable bonds is 12. The molecule has 0 bridgehead atoms. The largest absolute Gasteiger partial charge is 0.508 e. The molecular weight excluding hydrogens is 463 g/mol. The molecule has 2 aromatic rings. The third-order valence-electron chi connectivity index (χ3n) is 5.53. The second-order valence-corrected chi connectivity index (χ2v) is 9.88. The normalized spacial score (nSPS) is 10.7. The fraction of sp³-hybridized carbons (Fsp3) is 0.571. The van der Waals surface area contributed by atoms with Crippen LogP contribution in [0.25, 0.3) is 0 Å². The van der Waals surface area contributed by atoms with Gasteiger partial charge in [-0.1, -0.05) is 77.6 Å². The molecule has 6 nitrogen and oxygen atoms in total. The molecule has 0 spiro atoms. The number of phenolic OH excluding ortho intramolecular Hbond substituents is 2. The van der Waals surface area contributed by atoms with Gasteiger partial charge in [-0.3, -0.25) is 0 Å². The first kappa shape index (κ1) is 33.1. The Kier molecular flexibility index (Phi) is 18.3. The van der Waals surface area contributed by atoms with E-state index in [0.717, 1.165) is 49.7 Å². The van der Waals surface area contributed by atoms with Crippen LogP contribution in [0.5, 0.6) is 11.5 Å². The van der Waals surface area contributed by atoms with E-state index in [1.807, 2.05) is 24.3 Å². The first-order valence-corrected chi connectivity index (χ1v) is 14.5. The molecule has 2 rings (SSSR count). The van der Waals surface area contributed by atoms with Crippen molar-refractivity contribution < 1.29 is 29.5 Å². The molecule has 0 aromatic heterocycles. The molecule has 5 N–H and O–H groups in total. The van der Waals surface area contributed by atoms with E-state index < -0.39 is 7.82 Å². The Morgan fingerprint density at radius 3 is 1.14 bits per heavy atom. The Bertz CT molecular complexity index is 793. The van der Waals surface area contributed by atoms with E-state index >= 15 is 0 Å². The highest BCUT2D eigenvalue weighted by atomic mass is 31.2. The number of hydrogen-bond donors (Lipinski definition) is 5. The lowest BCUT2D eigenvalue weighted by atomic mass is 10.0. The van der Waals surface area contributed by atoms with Crippen molar-refractivity contribution in [3.8, 4) is 11.5 Å². The smallest absolute Gasteiger partial charge is 0.466 e. The van der Waals surface area contributed by atoms with E-state index in [-0.39, 0.29) is 0 Å². The van der Waals surface area contributed by atoms with Gasteiger partial charge in [-0.2, -0.15) is 0 Å². The van der Waals surface area contributed by atoms with Gasteiger partial charge < -0.3 is 24.9 Å². The van der Waals surface area contributed by atoms with Crippen molar-refractivity contribution in [1.82, 2.24) is 0 Å². The topological polar surface area (TPSA) is 118 Å². The highest BCUT2D eigenvalue weighted by molar-refractivity contribution is 7.45. The van der Waals surface area contributed by atoms with Crippen molar-refractivity contribution in [2.75, 3.05) is 0 Å². The third kappa shape index (κ3) is 18.1. The van der Waals surface area contributed by atoms with Gasteiger partial charge in [-0.15, -0.1) is 0 Å². The Labute approximate surface area is 212 Å². The second kappa shape index (κ2) is 19.4. The van der Waals surface area contributed by atoms with Gasteiger partial charge >= 0.3 is 7.82 Å². The molecule has 0 aliphatic rings. The average molecular weight is 511 g/mol. The molecule has 0 atom stereocenters. The average Bonchev–Trinajstić information content (AvgIpc) is 2.80. The van der Waals surface area contributed by atoms with Crippen molar-refractivity contribution in [2.24, 2.45) is 0 Å². The Morgan fingerprint density at radius 1 is 0.571 bits per heavy atom. The lowest BCUT2D eigenvalue weighted by Gasteiger charge is -2.07. The summed E-state index contributed by atoms with van der Waals surface area (Å²) >= 11 is 0. The number of benzene rings is 2. The maximum Gasteiger partial charge on any atom is 0.466 e. The Balaban J connectivity index is 0.000000555. The Morgan fingerprint density at radius 2 is 0.857 bits per heavy atom. The van der Waals surface area contributed by atoms with Crippen LogP contribution in [-0.2, 0) is 30.2 Å². The monoisotopic (exact) mass is 510 g/mol. The molecule has 0 aliphatic heterocycles. The minimum absolute atomic E-state index is 0.462. The molecular formula is C28H47O6P. The first-order valence-electron chi connectivity index (χ1n) is 12.9. The van der Waals surface area contributed by atoms with Crippen molar-refractivity contribution in [3.05, 3.63) is 58.7 Å². The summed E-state index contributed by atoms with van der Waals surface area (Å²) in [6.07, 6.45) is 13.9. The van der Waals surface area contributed by atoms with E-state index in [9.17, 15) is 10.2 Å². The summed E-state index contributed by atoms with van der Waals surface area (Å²) in [7, 11) is -4.64. The van der Waals surface area contributed by atoms with E-state index in [2.05, 4.69) is 39.8 Å². The minimum Gasteiger partial charge on any atom is -0.508 e. The molecule has 7 heteroatoms. The van der Waals surface area contributed by atoms with Gasteiger partial charge in [-0.05, 0) is 85.8 Å². The number of hydrogen-bond acceptors (Lipinski definition) is 3. The van der Waals surface area contributed by atoms with Crippen LogP contribution in [0.3, 0.4) is 0 Å². The predicted octanol–water partition coefficient (Wildman–Crippen LogP) is 7.23. The van der Waals surface area contributed by atoms with Gasteiger partial charge in [0.25, 0.3) is 0 Å². The molecule has 0 unspecified atom stereocenters. The van der Waals surface area contributed by atoms with Crippen LogP contribution in [0.2, 0.25) is 0 Å². The van der Waals surface area contributed by atoms with Crippen molar-refractivity contribution in [1.29, 1.82) is 0 Å². The van der Waals surface area contributed by atoms with Gasteiger partial charge in [0.1, 0.15) is 11.5 Å². The molecule has 0 saturated carbocycles.